The fourth-order valence-electron chi connectivity index (χ4n) is 3.39. The zero-order valence-electron chi connectivity index (χ0n) is 16.7. The lowest BCUT2D eigenvalue weighted by molar-refractivity contribution is -0.120. The van der Waals surface area contributed by atoms with E-state index in [1.165, 1.54) is 6.07 Å². The molecule has 160 valence electrons. The van der Waals surface area contributed by atoms with Crippen LogP contribution in [-0.4, -0.2) is 42.5 Å². The Hall–Kier alpha value is -3.00. The molecule has 0 aliphatic carbocycles. The van der Waals surface area contributed by atoms with E-state index in [0.717, 1.165) is 43.1 Å². The molecule has 3 N–H and O–H groups in total. The van der Waals surface area contributed by atoms with E-state index >= 15 is 0 Å². The van der Waals surface area contributed by atoms with Crippen molar-refractivity contribution in [3.8, 4) is 0 Å². The molecule has 0 spiro atoms. The van der Waals surface area contributed by atoms with Gasteiger partial charge >= 0.3 is 6.03 Å². The van der Waals surface area contributed by atoms with Crippen molar-refractivity contribution in [2.45, 2.75) is 32.0 Å². The van der Waals surface area contributed by atoms with Crippen LogP contribution in [0.3, 0.4) is 0 Å². The largest absolute Gasteiger partial charge is 0.350 e. The number of hydrogen-bond donors (Lipinski definition) is 3. The van der Waals surface area contributed by atoms with Gasteiger partial charge < -0.3 is 16.0 Å². The Morgan fingerprint density at radius 1 is 0.933 bits per heavy atom. The van der Waals surface area contributed by atoms with Gasteiger partial charge in [-0.1, -0.05) is 36.4 Å². The Labute approximate surface area is 174 Å². The van der Waals surface area contributed by atoms with Gasteiger partial charge in [-0.25, -0.2) is 13.6 Å². The van der Waals surface area contributed by atoms with E-state index in [1.54, 1.807) is 6.07 Å². The zero-order chi connectivity index (χ0) is 21.3. The molecule has 2 aromatic rings. The molecule has 1 heterocycles. The number of likely N-dealkylation sites (tertiary alicyclic amines) is 1. The fraction of sp³-hybridized carbons (Fsp3) is 0.364. The summed E-state index contributed by atoms with van der Waals surface area (Å²) in [5.74, 6) is -1.94. The van der Waals surface area contributed by atoms with Crippen molar-refractivity contribution in [1.82, 2.24) is 20.9 Å². The van der Waals surface area contributed by atoms with E-state index in [9.17, 15) is 18.4 Å². The minimum Gasteiger partial charge on any atom is -0.350 e. The lowest BCUT2D eigenvalue weighted by Crippen LogP contribution is -2.49. The Kier molecular flexibility index (Phi) is 7.73. The minimum absolute atomic E-state index is 0.0126. The summed E-state index contributed by atoms with van der Waals surface area (Å²) in [4.78, 5) is 26.0. The molecule has 0 saturated carbocycles. The molecule has 0 bridgehead atoms. The third-order valence-corrected chi connectivity index (χ3v) is 5.05. The van der Waals surface area contributed by atoms with Crippen molar-refractivity contribution in [3.05, 3.63) is 71.3 Å². The summed E-state index contributed by atoms with van der Waals surface area (Å²) in [6.45, 7) is 2.34. The Morgan fingerprint density at radius 3 is 2.37 bits per heavy atom. The monoisotopic (exact) mass is 416 g/mol. The second kappa shape index (κ2) is 10.7. The topological polar surface area (TPSA) is 73.5 Å². The molecule has 1 saturated heterocycles. The highest BCUT2D eigenvalue weighted by atomic mass is 19.2. The van der Waals surface area contributed by atoms with Crippen LogP contribution >= 0.6 is 0 Å². The SMILES string of the molecule is O=C(CNC(=O)NC1CCN(Cc2ccc(F)c(F)c2)CC1)NCc1ccccc1. The first-order valence-corrected chi connectivity index (χ1v) is 10.0. The summed E-state index contributed by atoms with van der Waals surface area (Å²) < 4.78 is 26.4. The Morgan fingerprint density at radius 2 is 1.67 bits per heavy atom. The van der Waals surface area contributed by atoms with E-state index in [4.69, 9.17) is 0 Å². The smallest absolute Gasteiger partial charge is 0.315 e. The van der Waals surface area contributed by atoms with Crippen molar-refractivity contribution >= 4 is 11.9 Å². The van der Waals surface area contributed by atoms with E-state index in [2.05, 4.69) is 20.9 Å². The molecule has 1 aliphatic heterocycles. The summed E-state index contributed by atoms with van der Waals surface area (Å²) in [6.07, 6.45) is 1.49. The maximum Gasteiger partial charge on any atom is 0.315 e. The predicted octanol–water partition coefficient (Wildman–Crippen LogP) is 2.54. The van der Waals surface area contributed by atoms with Gasteiger partial charge in [-0.15, -0.1) is 0 Å². The van der Waals surface area contributed by atoms with Gasteiger partial charge in [0.2, 0.25) is 5.91 Å². The van der Waals surface area contributed by atoms with Crippen LogP contribution in [0.5, 0.6) is 0 Å². The first-order chi connectivity index (χ1) is 14.5. The molecule has 2 aromatic carbocycles. The zero-order valence-corrected chi connectivity index (χ0v) is 16.7. The second-order valence-electron chi connectivity index (χ2n) is 7.39. The number of urea groups is 1. The first kappa shape index (κ1) is 21.7. The van der Waals surface area contributed by atoms with Crippen LogP contribution in [0.15, 0.2) is 48.5 Å². The number of halogens is 2. The van der Waals surface area contributed by atoms with E-state index in [-0.39, 0.29) is 24.5 Å². The molecule has 0 unspecified atom stereocenters. The highest BCUT2D eigenvalue weighted by Crippen LogP contribution is 2.15. The van der Waals surface area contributed by atoms with E-state index < -0.39 is 11.6 Å². The predicted molar refractivity (Wildman–Crippen MR) is 109 cm³/mol. The van der Waals surface area contributed by atoms with Crippen molar-refractivity contribution in [2.75, 3.05) is 19.6 Å². The fourth-order valence-corrected chi connectivity index (χ4v) is 3.39. The lowest BCUT2D eigenvalue weighted by atomic mass is 10.0. The van der Waals surface area contributed by atoms with Crippen molar-refractivity contribution in [3.63, 3.8) is 0 Å². The minimum atomic E-state index is -0.846. The molecular weight excluding hydrogens is 390 g/mol. The van der Waals surface area contributed by atoms with Gasteiger partial charge in [-0.05, 0) is 36.1 Å². The number of amides is 3. The number of nitrogens with zero attached hydrogens (tertiary/aromatic N) is 1. The number of benzene rings is 2. The molecule has 1 aliphatic rings. The van der Waals surface area contributed by atoms with Gasteiger partial charge in [0.25, 0.3) is 0 Å². The highest BCUT2D eigenvalue weighted by Gasteiger charge is 2.21. The van der Waals surface area contributed by atoms with Gasteiger partial charge in [-0.3, -0.25) is 9.69 Å². The number of nitrogens with one attached hydrogen (secondary N) is 3. The van der Waals surface area contributed by atoms with Crippen LogP contribution in [0.1, 0.15) is 24.0 Å². The van der Waals surface area contributed by atoms with Crippen molar-refractivity contribution in [2.24, 2.45) is 0 Å². The van der Waals surface area contributed by atoms with Crippen LogP contribution in [-0.2, 0) is 17.9 Å². The molecule has 30 heavy (non-hydrogen) atoms. The highest BCUT2D eigenvalue weighted by molar-refractivity contribution is 5.83. The van der Waals surface area contributed by atoms with Gasteiger partial charge in [0, 0.05) is 32.2 Å². The summed E-state index contributed by atoms with van der Waals surface area (Å²) in [5, 5.41) is 8.21. The van der Waals surface area contributed by atoms with Gasteiger partial charge in [0.05, 0.1) is 6.54 Å². The normalized spacial score (nSPS) is 14.9. The molecule has 1 fully saturated rings. The maximum atomic E-state index is 13.3. The molecule has 0 aromatic heterocycles. The van der Waals surface area contributed by atoms with Crippen molar-refractivity contribution in [1.29, 1.82) is 0 Å². The number of rotatable bonds is 7. The second-order valence-corrected chi connectivity index (χ2v) is 7.39. The maximum absolute atomic E-state index is 13.3. The summed E-state index contributed by atoms with van der Waals surface area (Å²) in [6, 6.07) is 13.1. The van der Waals surface area contributed by atoms with Crippen LogP contribution in [0.4, 0.5) is 13.6 Å². The Balaban J connectivity index is 1.31. The molecule has 3 amide bonds. The molecule has 0 atom stereocenters. The molecule has 3 rings (SSSR count). The standard InChI is InChI=1S/C22H26F2N4O2/c23-19-7-6-17(12-20(19)24)15-28-10-8-18(9-11-28)27-22(30)26-14-21(29)25-13-16-4-2-1-3-5-16/h1-7,12,18H,8-11,13-15H2,(H,25,29)(H2,26,27,30). The number of hydrogen-bond acceptors (Lipinski definition) is 3. The van der Waals surface area contributed by atoms with E-state index in [1.807, 2.05) is 30.3 Å². The molecular formula is C22H26F2N4O2. The first-order valence-electron chi connectivity index (χ1n) is 10.0. The summed E-state index contributed by atoms with van der Waals surface area (Å²) in [7, 11) is 0. The average molecular weight is 416 g/mol. The van der Waals surface area contributed by atoms with E-state index in [0.29, 0.717) is 13.1 Å². The number of carbonyl (C=O) groups excluding carboxylic acids is 2. The van der Waals surface area contributed by atoms with Crippen LogP contribution in [0, 0.1) is 11.6 Å². The van der Waals surface area contributed by atoms with Crippen LogP contribution in [0.2, 0.25) is 0 Å². The summed E-state index contributed by atoms with van der Waals surface area (Å²) in [5.41, 5.74) is 1.71. The van der Waals surface area contributed by atoms with Crippen LogP contribution in [0.25, 0.3) is 0 Å². The molecule has 0 radical (unpaired) electrons. The number of piperidine rings is 1. The number of carbonyl (C=O) groups is 2. The molecule has 8 heteroatoms. The van der Waals surface area contributed by atoms with Gasteiger partial charge in [0.15, 0.2) is 11.6 Å². The van der Waals surface area contributed by atoms with Gasteiger partial charge in [0.1, 0.15) is 0 Å². The van der Waals surface area contributed by atoms with Crippen molar-refractivity contribution < 1.29 is 18.4 Å². The molecule has 6 nitrogen and oxygen atoms in total. The summed E-state index contributed by atoms with van der Waals surface area (Å²) >= 11 is 0. The van der Waals surface area contributed by atoms with Crippen LogP contribution < -0.4 is 16.0 Å². The average Bonchev–Trinajstić information content (AvgIpc) is 2.75. The van der Waals surface area contributed by atoms with Gasteiger partial charge in [-0.2, -0.15) is 0 Å². The Bertz CT molecular complexity index is 855. The third kappa shape index (κ3) is 6.81. The third-order valence-electron chi connectivity index (χ3n) is 5.05. The quantitative estimate of drug-likeness (QED) is 0.650. The lowest BCUT2D eigenvalue weighted by Gasteiger charge is -2.32.